The Balaban J connectivity index is 1.64. The molecule has 0 bridgehead atoms. The number of amides is 1. The normalized spacial score (nSPS) is 15.9. The van der Waals surface area contributed by atoms with E-state index in [-0.39, 0.29) is 31.8 Å². The van der Waals surface area contributed by atoms with E-state index in [0.717, 1.165) is 16.4 Å². The van der Waals surface area contributed by atoms with Gasteiger partial charge in [0, 0.05) is 24.7 Å². The van der Waals surface area contributed by atoms with Gasteiger partial charge in [-0.3, -0.25) is 4.79 Å². The van der Waals surface area contributed by atoms with Crippen molar-refractivity contribution in [3.05, 3.63) is 53.1 Å². The van der Waals surface area contributed by atoms with Crippen molar-refractivity contribution < 1.29 is 26.7 Å². The van der Waals surface area contributed by atoms with Crippen molar-refractivity contribution in [1.82, 2.24) is 4.31 Å². The van der Waals surface area contributed by atoms with Gasteiger partial charge in [0.25, 0.3) is 0 Å². The van der Waals surface area contributed by atoms with Crippen LogP contribution in [-0.2, 0) is 14.8 Å². The highest BCUT2D eigenvalue weighted by molar-refractivity contribution is 7.89. The van der Waals surface area contributed by atoms with Gasteiger partial charge in [0.2, 0.25) is 15.9 Å². The number of carbonyl (C=O) groups excluding carboxylic acids is 1. The smallest absolute Gasteiger partial charge is 0.246 e. The maximum Gasteiger partial charge on any atom is 0.246 e. The van der Waals surface area contributed by atoms with Crippen molar-refractivity contribution in [2.75, 3.05) is 25.5 Å². The second kappa shape index (κ2) is 8.64. The molecule has 0 aliphatic carbocycles. The van der Waals surface area contributed by atoms with E-state index >= 15 is 0 Å². The lowest BCUT2D eigenvalue weighted by Crippen LogP contribution is -2.41. The molecule has 3 rings (SSSR count). The van der Waals surface area contributed by atoms with E-state index in [2.05, 4.69) is 5.32 Å². The average molecular weight is 445 g/mol. The fourth-order valence-corrected chi connectivity index (χ4v) is 4.96. The molecule has 156 valence electrons. The Bertz CT molecular complexity index is 1020. The molecule has 0 radical (unpaired) electrons. The van der Waals surface area contributed by atoms with Crippen molar-refractivity contribution in [2.24, 2.45) is 5.92 Å². The first-order chi connectivity index (χ1) is 13.7. The lowest BCUT2D eigenvalue weighted by atomic mass is 9.97. The molecular weight excluding hydrogens is 426 g/mol. The van der Waals surface area contributed by atoms with E-state index in [0.29, 0.717) is 22.5 Å². The molecule has 1 aliphatic rings. The van der Waals surface area contributed by atoms with Gasteiger partial charge >= 0.3 is 0 Å². The van der Waals surface area contributed by atoms with Gasteiger partial charge in [-0.1, -0.05) is 11.6 Å². The number of piperidine rings is 1. The first-order valence-corrected chi connectivity index (χ1v) is 10.6. The van der Waals surface area contributed by atoms with Crippen LogP contribution in [0.3, 0.4) is 0 Å². The van der Waals surface area contributed by atoms with Crippen LogP contribution in [-0.4, -0.2) is 38.8 Å². The zero-order chi connectivity index (χ0) is 21.2. The fraction of sp³-hybridized carbons (Fsp3) is 0.316. The van der Waals surface area contributed by atoms with Crippen LogP contribution >= 0.6 is 11.6 Å². The van der Waals surface area contributed by atoms with Crippen LogP contribution in [0.4, 0.5) is 14.5 Å². The van der Waals surface area contributed by atoms with Gasteiger partial charge < -0.3 is 10.1 Å². The lowest BCUT2D eigenvalue weighted by molar-refractivity contribution is -0.120. The van der Waals surface area contributed by atoms with Gasteiger partial charge in [-0.15, -0.1) is 0 Å². The van der Waals surface area contributed by atoms with Crippen LogP contribution in [0.2, 0.25) is 5.02 Å². The molecule has 29 heavy (non-hydrogen) atoms. The van der Waals surface area contributed by atoms with E-state index < -0.39 is 32.5 Å². The van der Waals surface area contributed by atoms with Crippen molar-refractivity contribution in [3.8, 4) is 5.75 Å². The third kappa shape index (κ3) is 4.68. The summed E-state index contributed by atoms with van der Waals surface area (Å²) in [6.07, 6.45) is 0.512. The number of halogens is 3. The lowest BCUT2D eigenvalue weighted by Gasteiger charge is -2.30. The monoisotopic (exact) mass is 444 g/mol. The molecule has 6 nitrogen and oxygen atoms in total. The summed E-state index contributed by atoms with van der Waals surface area (Å²) < 4.78 is 58.6. The highest BCUT2D eigenvalue weighted by Gasteiger charge is 2.33. The summed E-state index contributed by atoms with van der Waals surface area (Å²) in [4.78, 5) is 11.8. The molecule has 2 aromatic rings. The Labute approximate surface area is 172 Å². The van der Waals surface area contributed by atoms with Gasteiger partial charge in [-0.2, -0.15) is 4.31 Å². The van der Waals surface area contributed by atoms with Gasteiger partial charge in [0.1, 0.15) is 22.3 Å². The predicted molar refractivity (Wildman–Crippen MR) is 104 cm³/mol. The maximum atomic E-state index is 13.9. The standard InChI is InChI=1S/C19H19ClF2N2O4S/c1-28-17-5-3-14(11-15(17)20)23-19(25)12-6-8-24(9-7-12)29(26,27)18-10-13(21)2-4-16(18)22/h2-5,10-12H,6-9H2,1H3,(H,23,25). The molecule has 1 heterocycles. The minimum absolute atomic E-state index is 0.0275. The Kier molecular flexibility index (Phi) is 6.40. The molecular formula is C19H19ClF2N2O4S. The van der Waals surface area contributed by atoms with Gasteiger partial charge in [0.15, 0.2) is 0 Å². The van der Waals surface area contributed by atoms with E-state index in [1.54, 1.807) is 18.2 Å². The Morgan fingerprint density at radius 3 is 2.48 bits per heavy atom. The molecule has 1 N–H and O–H groups in total. The highest BCUT2D eigenvalue weighted by Crippen LogP contribution is 2.29. The van der Waals surface area contributed by atoms with Crippen LogP contribution in [0.1, 0.15) is 12.8 Å². The number of carbonyl (C=O) groups is 1. The van der Waals surface area contributed by atoms with Crippen molar-refractivity contribution in [2.45, 2.75) is 17.7 Å². The molecule has 10 heteroatoms. The topological polar surface area (TPSA) is 75.7 Å². The van der Waals surface area contributed by atoms with Crippen LogP contribution in [0.5, 0.6) is 5.75 Å². The summed E-state index contributed by atoms with van der Waals surface area (Å²) >= 11 is 6.04. The summed E-state index contributed by atoms with van der Waals surface area (Å²) in [7, 11) is -2.70. The Morgan fingerprint density at radius 1 is 1.17 bits per heavy atom. The summed E-state index contributed by atoms with van der Waals surface area (Å²) in [5.41, 5.74) is 0.498. The molecule has 1 saturated heterocycles. The SMILES string of the molecule is COc1ccc(NC(=O)C2CCN(S(=O)(=O)c3cc(F)ccc3F)CC2)cc1Cl. The third-order valence-electron chi connectivity index (χ3n) is 4.76. The first kappa shape index (κ1) is 21.5. The van der Waals surface area contributed by atoms with Crippen LogP contribution < -0.4 is 10.1 Å². The zero-order valence-corrected chi connectivity index (χ0v) is 17.1. The number of ether oxygens (including phenoxy) is 1. The molecule has 0 saturated carbocycles. The first-order valence-electron chi connectivity index (χ1n) is 8.82. The molecule has 1 fully saturated rings. The van der Waals surface area contributed by atoms with E-state index in [1.807, 2.05) is 0 Å². The van der Waals surface area contributed by atoms with Crippen LogP contribution in [0, 0.1) is 17.6 Å². The number of anilines is 1. The largest absolute Gasteiger partial charge is 0.495 e. The molecule has 2 aromatic carbocycles. The quantitative estimate of drug-likeness (QED) is 0.763. The van der Waals surface area contributed by atoms with E-state index in [1.165, 1.54) is 7.11 Å². The maximum absolute atomic E-state index is 13.9. The number of benzene rings is 2. The van der Waals surface area contributed by atoms with Gasteiger partial charge in [-0.05, 0) is 49.2 Å². The van der Waals surface area contributed by atoms with Crippen LogP contribution in [0.25, 0.3) is 0 Å². The van der Waals surface area contributed by atoms with Crippen molar-refractivity contribution >= 4 is 33.2 Å². The molecule has 1 aliphatic heterocycles. The zero-order valence-electron chi connectivity index (χ0n) is 15.5. The van der Waals surface area contributed by atoms with E-state index in [9.17, 15) is 22.0 Å². The number of methoxy groups -OCH3 is 1. The fourth-order valence-electron chi connectivity index (χ4n) is 3.16. The number of nitrogens with one attached hydrogen (secondary N) is 1. The van der Waals surface area contributed by atoms with E-state index in [4.69, 9.17) is 16.3 Å². The van der Waals surface area contributed by atoms with Crippen molar-refractivity contribution in [1.29, 1.82) is 0 Å². The molecule has 0 spiro atoms. The van der Waals surface area contributed by atoms with Crippen molar-refractivity contribution in [3.63, 3.8) is 0 Å². The minimum atomic E-state index is -4.18. The molecule has 0 unspecified atom stereocenters. The molecule has 1 amide bonds. The summed E-state index contributed by atoms with van der Waals surface area (Å²) in [5, 5.41) is 3.10. The number of sulfonamides is 1. The summed E-state index contributed by atoms with van der Waals surface area (Å²) in [5.74, 6) is -2.05. The second-order valence-electron chi connectivity index (χ2n) is 6.59. The number of hydrogen-bond donors (Lipinski definition) is 1. The summed E-state index contributed by atoms with van der Waals surface area (Å²) in [6, 6.07) is 7.13. The molecule has 0 atom stereocenters. The molecule has 0 aromatic heterocycles. The average Bonchev–Trinajstić information content (AvgIpc) is 2.70. The highest BCUT2D eigenvalue weighted by atomic mass is 35.5. The Hall–Kier alpha value is -2.23. The second-order valence-corrected chi connectivity index (χ2v) is 8.91. The number of nitrogens with zero attached hydrogens (tertiary/aromatic N) is 1. The van der Waals surface area contributed by atoms with Gasteiger partial charge in [-0.25, -0.2) is 17.2 Å². The Morgan fingerprint density at radius 2 is 1.86 bits per heavy atom. The minimum Gasteiger partial charge on any atom is -0.495 e. The van der Waals surface area contributed by atoms with Crippen LogP contribution in [0.15, 0.2) is 41.3 Å². The predicted octanol–water partition coefficient (Wildman–Crippen LogP) is 3.67. The third-order valence-corrected chi connectivity index (χ3v) is 6.96. The summed E-state index contributed by atoms with van der Waals surface area (Å²) in [6.45, 7) is 0.0550. The number of hydrogen-bond acceptors (Lipinski definition) is 4. The van der Waals surface area contributed by atoms with Gasteiger partial charge in [0.05, 0.1) is 12.1 Å². The number of rotatable bonds is 5.